The average molecular weight is 361 g/mol. The second kappa shape index (κ2) is 7.00. The lowest BCUT2D eigenvalue weighted by atomic mass is 9.84. The number of likely N-dealkylation sites (tertiary alicyclic amines) is 1. The molecule has 26 heavy (non-hydrogen) atoms. The maximum Gasteiger partial charge on any atom is 0.338 e. The van der Waals surface area contributed by atoms with Crippen molar-refractivity contribution < 1.29 is 23.8 Å². The molecule has 3 atom stereocenters. The molecule has 3 rings (SSSR count). The number of carbonyl (C=O) groups is 2. The molecule has 0 bridgehead atoms. The Morgan fingerprint density at radius 3 is 2.46 bits per heavy atom. The minimum Gasteiger partial charge on any atom is -0.467 e. The Morgan fingerprint density at radius 1 is 1.19 bits per heavy atom. The molecule has 0 saturated carbocycles. The SMILES string of the molecule is CCC1(c2ccccc2)CCCN1C(=O)[C@H]1OC(C)(C)O[C@H]1C(=O)OC. The van der Waals surface area contributed by atoms with Gasteiger partial charge in [0.15, 0.2) is 18.0 Å². The molecule has 2 fully saturated rings. The van der Waals surface area contributed by atoms with Crippen LogP contribution in [-0.2, 0) is 29.3 Å². The summed E-state index contributed by atoms with van der Waals surface area (Å²) >= 11 is 0. The monoisotopic (exact) mass is 361 g/mol. The Labute approximate surface area is 154 Å². The maximum absolute atomic E-state index is 13.4. The van der Waals surface area contributed by atoms with Crippen LogP contribution in [0.3, 0.4) is 0 Å². The number of carbonyl (C=O) groups excluding carboxylic acids is 2. The zero-order chi connectivity index (χ0) is 18.9. The molecule has 6 heteroatoms. The lowest BCUT2D eigenvalue weighted by molar-refractivity contribution is -0.170. The number of benzene rings is 1. The molecule has 142 valence electrons. The van der Waals surface area contributed by atoms with Gasteiger partial charge in [-0.3, -0.25) is 4.79 Å². The number of rotatable bonds is 4. The summed E-state index contributed by atoms with van der Waals surface area (Å²) in [6.45, 7) is 6.12. The molecule has 0 aromatic heterocycles. The summed E-state index contributed by atoms with van der Waals surface area (Å²) in [5.74, 6) is -1.82. The van der Waals surface area contributed by atoms with Crippen molar-refractivity contribution in [1.29, 1.82) is 0 Å². The number of ether oxygens (including phenoxy) is 3. The van der Waals surface area contributed by atoms with E-state index in [0.29, 0.717) is 6.54 Å². The molecule has 0 aliphatic carbocycles. The molecule has 0 radical (unpaired) electrons. The van der Waals surface area contributed by atoms with E-state index in [-0.39, 0.29) is 11.4 Å². The van der Waals surface area contributed by atoms with Gasteiger partial charge in [-0.05, 0) is 38.7 Å². The Bertz CT molecular complexity index is 674. The zero-order valence-electron chi connectivity index (χ0n) is 15.9. The number of hydrogen-bond acceptors (Lipinski definition) is 5. The van der Waals surface area contributed by atoms with Crippen LogP contribution in [0.5, 0.6) is 0 Å². The van der Waals surface area contributed by atoms with Crippen LogP contribution in [0.1, 0.15) is 45.6 Å². The molecule has 1 aromatic rings. The third kappa shape index (κ3) is 3.12. The van der Waals surface area contributed by atoms with Crippen molar-refractivity contribution in [2.45, 2.75) is 63.6 Å². The normalized spacial score (nSPS) is 30.4. The van der Waals surface area contributed by atoms with Gasteiger partial charge in [-0.15, -0.1) is 0 Å². The van der Waals surface area contributed by atoms with Gasteiger partial charge in [0.1, 0.15) is 0 Å². The number of amides is 1. The first-order chi connectivity index (χ1) is 12.3. The van der Waals surface area contributed by atoms with Crippen LogP contribution in [0.15, 0.2) is 30.3 Å². The van der Waals surface area contributed by atoms with Crippen molar-refractivity contribution in [3.63, 3.8) is 0 Å². The van der Waals surface area contributed by atoms with Gasteiger partial charge >= 0.3 is 5.97 Å². The summed E-state index contributed by atoms with van der Waals surface area (Å²) in [6, 6.07) is 10.1. The molecular weight excluding hydrogens is 334 g/mol. The van der Waals surface area contributed by atoms with Gasteiger partial charge in [0, 0.05) is 6.54 Å². The molecular formula is C20H27NO5. The number of methoxy groups -OCH3 is 1. The first-order valence-electron chi connectivity index (χ1n) is 9.15. The van der Waals surface area contributed by atoms with Crippen molar-refractivity contribution in [2.75, 3.05) is 13.7 Å². The smallest absolute Gasteiger partial charge is 0.338 e. The molecule has 0 spiro atoms. The lowest BCUT2D eigenvalue weighted by Gasteiger charge is -2.40. The van der Waals surface area contributed by atoms with E-state index >= 15 is 0 Å². The molecule has 2 aliphatic rings. The van der Waals surface area contributed by atoms with Gasteiger partial charge in [-0.25, -0.2) is 4.79 Å². The molecule has 6 nitrogen and oxygen atoms in total. The first kappa shape index (κ1) is 18.9. The van der Waals surface area contributed by atoms with E-state index in [0.717, 1.165) is 24.8 Å². The summed E-state index contributed by atoms with van der Waals surface area (Å²) in [6.07, 6.45) is 0.550. The summed E-state index contributed by atoms with van der Waals surface area (Å²) in [5, 5.41) is 0. The first-order valence-corrected chi connectivity index (χ1v) is 9.15. The van der Waals surface area contributed by atoms with E-state index in [1.54, 1.807) is 13.8 Å². The third-order valence-corrected chi connectivity index (χ3v) is 5.42. The number of nitrogens with zero attached hydrogens (tertiary/aromatic N) is 1. The number of esters is 1. The molecule has 2 heterocycles. The zero-order valence-corrected chi connectivity index (χ0v) is 15.9. The minimum absolute atomic E-state index is 0.214. The molecule has 1 aromatic carbocycles. The fourth-order valence-electron chi connectivity index (χ4n) is 4.20. The van der Waals surface area contributed by atoms with E-state index in [1.165, 1.54) is 7.11 Å². The Morgan fingerprint density at radius 2 is 1.85 bits per heavy atom. The van der Waals surface area contributed by atoms with Crippen molar-refractivity contribution in [3.8, 4) is 0 Å². The fraction of sp³-hybridized carbons (Fsp3) is 0.600. The van der Waals surface area contributed by atoms with Gasteiger partial charge in [-0.2, -0.15) is 0 Å². The highest BCUT2D eigenvalue weighted by Crippen LogP contribution is 2.43. The van der Waals surface area contributed by atoms with Gasteiger partial charge in [0.05, 0.1) is 12.6 Å². The Balaban J connectivity index is 1.93. The average Bonchev–Trinajstić information content (AvgIpc) is 3.22. The molecule has 2 saturated heterocycles. The minimum atomic E-state index is -1.05. The summed E-state index contributed by atoms with van der Waals surface area (Å²) in [4.78, 5) is 27.4. The predicted molar refractivity (Wildman–Crippen MR) is 95.2 cm³/mol. The number of hydrogen-bond donors (Lipinski definition) is 0. The van der Waals surface area contributed by atoms with E-state index in [4.69, 9.17) is 14.2 Å². The van der Waals surface area contributed by atoms with Gasteiger partial charge in [0.2, 0.25) is 0 Å². The second-order valence-corrected chi connectivity index (χ2v) is 7.34. The van der Waals surface area contributed by atoms with Crippen LogP contribution in [0.25, 0.3) is 0 Å². The summed E-state index contributed by atoms with van der Waals surface area (Å²) in [5.41, 5.74) is 0.732. The van der Waals surface area contributed by atoms with Gasteiger partial charge < -0.3 is 19.1 Å². The largest absolute Gasteiger partial charge is 0.467 e. The quantitative estimate of drug-likeness (QED) is 0.772. The van der Waals surface area contributed by atoms with Crippen molar-refractivity contribution in [3.05, 3.63) is 35.9 Å². The van der Waals surface area contributed by atoms with E-state index in [1.807, 2.05) is 23.1 Å². The summed E-state index contributed by atoms with van der Waals surface area (Å²) in [7, 11) is 1.29. The van der Waals surface area contributed by atoms with E-state index in [9.17, 15) is 9.59 Å². The van der Waals surface area contributed by atoms with Crippen molar-refractivity contribution >= 4 is 11.9 Å². The van der Waals surface area contributed by atoms with Gasteiger partial charge in [0.25, 0.3) is 5.91 Å². The highest BCUT2D eigenvalue weighted by molar-refractivity contribution is 5.90. The van der Waals surface area contributed by atoms with Gasteiger partial charge in [-0.1, -0.05) is 37.3 Å². The van der Waals surface area contributed by atoms with Crippen LogP contribution in [-0.4, -0.2) is 48.4 Å². The summed E-state index contributed by atoms with van der Waals surface area (Å²) < 4.78 is 16.3. The van der Waals surface area contributed by atoms with Crippen LogP contribution < -0.4 is 0 Å². The second-order valence-electron chi connectivity index (χ2n) is 7.34. The topological polar surface area (TPSA) is 65.1 Å². The third-order valence-electron chi connectivity index (χ3n) is 5.42. The predicted octanol–water partition coefficient (Wildman–Crippen LogP) is 2.61. The fourth-order valence-corrected chi connectivity index (χ4v) is 4.20. The van der Waals surface area contributed by atoms with Crippen LogP contribution in [0.2, 0.25) is 0 Å². The Hall–Kier alpha value is -1.92. The van der Waals surface area contributed by atoms with Crippen molar-refractivity contribution in [2.24, 2.45) is 0 Å². The molecule has 2 aliphatic heterocycles. The van der Waals surface area contributed by atoms with Crippen LogP contribution >= 0.6 is 0 Å². The van der Waals surface area contributed by atoms with Crippen molar-refractivity contribution in [1.82, 2.24) is 4.90 Å². The molecule has 1 unspecified atom stereocenters. The Kier molecular flexibility index (Phi) is 5.08. The van der Waals surface area contributed by atoms with Crippen LogP contribution in [0, 0.1) is 0 Å². The highest BCUT2D eigenvalue weighted by atomic mass is 16.8. The van der Waals surface area contributed by atoms with Crippen LogP contribution in [0.4, 0.5) is 0 Å². The maximum atomic E-state index is 13.4. The lowest BCUT2D eigenvalue weighted by Crippen LogP contribution is -2.52. The van der Waals surface area contributed by atoms with E-state index in [2.05, 4.69) is 19.1 Å². The highest BCUT2D eigenvalue weighted by Gasteiger charge is 2.54. The molecule has 1 amide bonds. The van der Waals surface area contributed by atoms with E-state index < -0.39 is 24.0 Å². The molecule has 0 N–H and O–H groups in total. The standard InChI is InChI=1S/C20H27NO5/c1-5-20(14-10-7-6-8-11-14)12-9-13-21(20)17(22)15-16(18(23)24-4)26-19(2,3)25-15/h6-8,10-11,15-16H,5,9,12-13H2,1-4H3/t15-,16+,20?/m0/s1.